The van der Waals surface area contributed by atoms with Crippen LogP contribution in [0.4, 0.5) is 0 Å². The van der Waals surface area contributed by atoms with Crippen molar-refractivity contribution in [3.05, 3.63) is 53.6 Å². The van der Waals surface area contributed by atoms with Crippen LogP contribution < -0.4 is 0 Å². The molecule has 1 aromatic rings. The molecule has 1 atom stereocenters. The molecule has 0 spiro atoms. The third kappa shape index (κ3) is 1.74. The van der Waals surface area contributed by atoms with Gasteiger partial charge in [0.1, 0.15) is 0 Å². The van der Waals surface area contributed by atoms with Crippen molar-refractivity contribution in [2.45, 2.75) is 19.3 Å². The van der Waals surface area contributed by atoms with E-state index in [2.05, 4.69) is 12.2 Å². The number of benzene rings is 1. The SMILES string of the molecule is O=C1C=C(C2C=CCCC2)c2ccccc2C1=O. The Hall–Kier alpha value is -1.96. The molecule has 2 aliphatic rings. The summed E-state index contributed by atoms with van der Waals surface area (Å²) < 4.78 is 0. The second kappa shape index (κ2) is 4.37. The first-order valence-corrected chi connectivity index (χ1v) is 6.33. The van der Waals surface area contributed by atoms with E-state index >= 15 is 0 Å². The Kier molecular flexibility index (Phi) is 2.71. The van der Waals surface area contributed by atoms with Gasteiger partial charge in [-0.25, -0.2) is 0 Å². The van der Waals surface area contributed by atoms with Gasteiger partial charge in [-0.1, -0.05) is 36.4 Å². The highest BCUT2D eigenvalue weighted by Crippen LogP contribution is 2.35. The lowest BCUT2D eigenvalue weighted by atomic mass is 9.79. The summed E-state index contributed by atoms with van der Waals surface area (Å²) in [5, 5.41) is 0. The molecular formula is C16H14O2. The molecule has 2 heteroatoms. The van der Waals surface area contributed by atoms with E-state index in [0.717, 1.165) is 30.4 Å². The van der Waals surface area contributed by atoms with E-state index in [1.165, 1.54) is 6.08 Å². The number of Topliss-reactive ketones (excluding diaryl/α,β-unsaturated/α-hetero) is 1. The second-order valence-electron chi connectivity index (χ2n) is 4.80. The number of allylic oxidation sites excluding steroid dienone is 4. The third-order valence-electron chi connectivity index (χ3n) is 3.65. The van der Waals surface area contributed by atoms with Gasteiger partial charge in [0.05, 0.1) is 0 Å². The maximum Gasteiger partial charge on any atom is 0.233 e. The molecule has 2 aliphatic carbocycles. The van der Waals surface area contributed by atoms with Crippen molar-refractivity contribution in [3.63, 3.8) is 0 Å². The molecule has 0 saturated carbocycles. The highest BCUT2D eigenvalue weighted by Gasteiger charge is 2.28. The van der Waals surface area contributed by atoms with Gasteiger partial charge in [-0.3, -0.25) is 9.59 Å². The van der Waals surface area contributed by atoms with Crippen LogP contribution in [-0.2, 0) is 4.79 Å². The highest BCUT2D eigenvalue weighted by molar-refractivity contribution is 6.50. The molecule has 0 radical (unpaired) electrons. The second-order valence-corrected chi connectivity index (χ2v) is 4.80. The van der Waals surface area contributed by atoms with Crippen LogP contribution in [0.5, 0.6) is 0 Å². The van der Waals surface area contributed by atoms with Crippen LogP contribution in [0.1, 0.15) is 35.2 Å². The molecular weight excluding hydrogens is 224 g/mol. The maximum atomic E-state index is 11.8. The summed E-state index contributed by atoms with van der Waals surface area (Å²) >= 11 is 0. The predicted molar refractivity (Wildman–Crippen MR) is 70.2 cm³/mol. The third-order valence-corrected chi connectivity index (χ3v) is 3.65. The Morgan fingerprint density at radius 2 is 1.83 bits per heavy atom. The Morgan fingerprint density at radius 3 is 2.56 bits per heavy atom. The van der Waals surface area contributed by atoms with E-state index in [0.29, 0.717) is 5.56 Å². The van der Waals surface area contributed by atoms with E-state index in [1.807, 2.05) is 18.2 Å². The molecule has 0 saturated heterocycles. The minimum Gasteiger partial charge on any atom is -0.286 e. The normalized spacial score (nSPS) is 22.7. The molecule has 3 rings (SSSR count). The van der Waals surface area contributed by atoms with Gasteiger partial charge >= 0.3 is 0 Å². The molecule has 18 heavy (non-hydrogen) atoms. The monoisotopic (exact) mass is 238 g/mol. The van der Waals surface area contributed by atoms with Gasteiger partial charge in [0.25, 0.3) is 0 Å². The van der Waals surface area contributed by atoms with Gasteiger partial charge in [0.2, 0.25) is 11.6 Å². The topological polar surface area (TPSA) is 34.1 Å². The fraction of sp³-hybridized carbons (Fsp3) is 0.250. The van der Waals surface area contributed by atoms with Gasteiger partial charge in [-0.05, 0) is 36.5 Å². The van der Waals surface area contributed by atoms with Gasteiger partial charge in [0.15, 0.2) is 0 Å². The lowest BCUT2D eigenvalue weighted by molar-refractivity contribution is -0.111. The molecule has 2 nitrogen and oxygen atoms in total. The average molecular weight is 238 g/mol. The van der Waals surface area contributed by atoms with E-state index < -0.39 is 0 Å². The summed E-state index contributed by atoms with van der Waals surface area (Å²) in [5.74, 6) is -0.492. The van der Waals surface area contributed by atoms with Crippen LogP contribution in [0, 0.1) is 5.92 Å². The minimum absolute atomic E-state index is 0.275. The van der Waals surface area contributed by atoms with Crippen molar-refractivity contribution in [2.75, 3.05) is 0 Å². The molecule has 0 bridgehead atoms. The molecule has 0 fully saturated rings. The molecule has 0 N–H and O–H groups in total. The number of hydrogen-bond donors (Lipinski definition) is 0. The first-order chi connectivity index (χ1) is 8.77. The van der Waals surface area contributed by atoms with Crippen LogP contribution in [-0.4, -0.2) is 11.6 Å². The molecule has 90 valence electrons. The largest absolute Gasteiger partial charge is 0.286 e. The Labute approximate surface area is 106 Å². The van der Waals surface area contributed by atoms with Crippen molar-refractivity contribution in [1.29, 1.82) is 0 Å². The minimum atomic E-state index is -0.386. The van der Waals surface area contributed by atoms with E-state index in [9.17, 15) is 9.59 Å². The molecule has 0 heterocycles. The standard InChI is InChI=1S/C16H14O2/c17-15-10-14(11-6-2-1-3-7-11)12-8-4-5-9-13(12)16(15)18/h2,4-6,8-11H,1,3,7H2. The highest BCUT2D eigenvalue weighted by atomic mass is 16.2. The van der Waals surface area contributed by atoms with E-state index in [-0.39, 0.29) is 17.5 Å². The van der Waals surface area contributed by atoms with Crippen molar-refractivity contribution in [1.82, 2.24) is 0 Å². The summed E-state index contributed by atoms with van der Waals surface area (Å²) in [4.78, 5) is 23.6. The zero-order chi connectivity index (χ0) is 12.5. The van der Waals surface area contributed by atoms with Crippen molar-refractivity contribution < 1.29 is 9.59 Å². The Morgan fingerprint density at radius 1 is 1.06 bits per heavy atom. The molecule has 0 aromatic heterocycles. The molecule has 1 aromatic carbocycles. The Balaban J connectivity index is 2.11. The van der Waals surface area contributed by atoms with Crippen molar-refractivity contribution in [3.8, 4) is 0 Å². The van der Waals surface area contributed by atoms with Gasteiger partial charge < -0.3 is 0 Å². The van der Waals surface area contributed by atoms with Crippen molar-refractivity contribution >= 4 is 17.1 Å². The number of hydrogen-bond acceptors (Lipinski definition) is 2. The summed E-state index contributed by atoms with van der Waals surface area (Å²) in [5.41, 5.74) is 2.49. The van der Waals surface area contributed by atoms with Crippen LogP contribution in [0.15, 0.2) is 42.5 Å². The van der Waals surface area contributed by atoms with Crippen molar-refractivity contribution in [2.24, 2.45) is 5.92 Å². The first-order valence-electron chi connectivity index (χ1n) is 6.33. The smallest absolute Gasteiger partial charge is 0.233 e. The fourth-order valence-electron chi connectivity index (χ4n) is 2.73. The zero-order valence-corrected chi connectivity index (χ0v) is 10.1. The number of fused-ring (bicyclic) bond motifs is 1. The quantitative estimate of drug-likeness (QED) is 0.556. The lowest BCUT2D eigenvalue weighted by Crippen LogP contribution is -2.21. The number of ketones is 2. The zero-order valence-electron chi connectivity index (χ0n) is 10.1. The molecule has 1 unspecified atom stereocenters. The number of carbonyl (C=O) groups excluding carboxylic acids is 2. The summed E-state index contributed by atoms with van der Waals surface area (Å²) in [6, 6.07) is 7.41. The van der Waals surface area contributed by atoms with Crippen LogP contribution in [0.25, 0.3) is 5.57 Å². The van der Waals surface area contributed by atoms with Gasteiger partial charge in [-0.15, -0.1) is 0 Å². The molecule has 0 amide bonds. The summed E-state index contributed by atoms with van der Waals surface area (Å²) in [7, 11) is 0. The number of carbonyl (C=O) groups is 2. The van der Waals surface area contributed by atoms with E-state index in [1.54, 1.807) is 6.07 Å². The maximum absolute atomic E-state index is 11.8. The first kappa shape index (κ1) is 11.1. The summed E-state index contributed by atoms with van der Waals surface area (Å²) in [6.07, 6.45) is 9.16. The lowest BCUT2D eigenvalue weighted by Gasteiger charge is -2.24. The van der Waals surface area contributed by atoms with Gasteiger partial charge in [0, 0.05) is 11.5 Å². The van der Waals surface area contributed by atoms with Crippen LogP contribution in [0.3, 0.4) is 0 Å². The van der Waals surface area contributed by atoms with E-state index in [4.69, 9.17) is 0 Å². The van der Waals surface area contributed by atoms with Crippen LogP contribution >= 0.6 is 0 Å². The fourth-order valence-corrected chi connectivity index (χ4v) is 2.73. The number of rotatable bonds is 1. The molecule has 0 aliphatic heterocycles. The average Bonchev–Trinajstić information content (AvgIpc) is 2.44. The predicted octanol–water partition coefficient (Wildman–Crippen LogP) is 3.19. The Bertz CT molecular complexity index is 579. The summed E-state index contributed by atoms with van der Waals surface area (Å²) in [6.45, 7) is 0. The van der Waals surface area contributed by atoms with Gasteiger partial charge in [-0.2, -0.15) is 0 Å². The van der Waals surface area contributed by atoms with Crippen LogP contribution in [0.2, 0.25) is 0 Å².